The predicted molar refractivity (Wildman–Crippen MR) is 91.5 cm³/mol. The molecule has 1 aromatic rings. The molecule has 0 bridgehead atoms. The molecule has 0 spiro atoms. The smallest absolute Gasteiger partial charge is 0.222 e. The zero-order valence-corrected chi connectivity index (χ0v) is 14.6. The molecule has 1 aliphatic heterocycles. The monoisotopic (exact) mass is 333 g/mol. The summed E-state index contributed by atoms with van der Waals surface area (Å²) < 4.78 is 5.67. The standard InChI is InChI=1S/C18H27N3O3/c1-3-4-11-24-18-15(7-5-9-19-18)13-20-16(22)12-14(2)21-10-6-8-17(21)23/h5,7,9,14H,3-4,6,8,10-13H2,1-2H3,(H,20,22). The van der Waals surface area contributed by atoms with E-state index in [-0.39, 0.29) is 17.9 Å². The topological polar surface area (TPSA) is 71.5 Å². The van der Waals surface area contributed by atoms with Gasteiger partial charge in [-0.05, 0) is 25.8 Å². The fourth-order valence-corrected chi connectivity index (χ4v) is 2.78. The summed E-state index contributed by atoms with van der Waals surface area (Å²) in [5.74, 6) is 0.661. The summed E-state index contributed by atoms with van der Waals surface area (Å²) >= 11 is 0. The van der Waals surface area contributed by atoms with Crippen LogP contribution in [0.1, 0.15) is 51.5 Å². The molecule has 1 fully saturated rings. The van der Waals surface area contributed by atoms with Gasteiger partial charge in [0.15, 0.2) is 0 Å². The van der Waals surface area contributed by atoms with Crippen LogP contribution in [0.15, 0.2) is 18.3 Å². The van der Waals surface area contributed by atoms with Crippen LogP contribution < -0.4 is 10.1 Å². The van der Waals surface area contributed by atoms with Gasteiger partial charge in [-0.1, -0.05) is 19.4 Å². The molecular weight excluding hydrogens is 306 g/mol. The number of nitrogens with one attached hydrogen (secondary N) is 1. The second-order valence-corrected chi connectivity index (χ2v) is 6.19. The molecule has 24 heavy (non-hydrogen) atoms. The van der Waals surface area contributed by atoms with Crippen molar-refractivity contribution in [3.05, 3.63) is 23.9 Å². The Hall–Kier alpha value is -2.11. The number of hydrogen-bond donors (Lipinski definition) is 1. The van der Waals surface area contributed by atoms with Crippen molar-refractivity contribution in [1.82, 2.24) is 15.2 Å². The molecule has 6 heteroatoms. The average molecular weight is 333 g/mol. The highest BCUT2D eigenvalue weighted by Gasteiger charge is 2.26. The molecule has 1 unspecified atom stereocenters. The molecule has 0 aliphatic carbocycles. The van der Waals surface area contributed by atoms with Gasteiger partial charge in [0.2, 0.25) is 17.7 Å². The molecule has 0 saturated carbocycles. The summed E-state index contributed by atoms with van der Waals surface area (Å²) in [6.07, 6.45) is 5.53. The minimum absolute atomic E-state index is 0.0610. The van der Waals surface area contributed by atoms with E-state index in [0.717, 1.165) is 31.4 Å². The minimum atomic E-state index is -0.0643. The van der Waals surface area contributed by atoms with Gasteiger partial charge in [-0.15, -0.1) is 0 Å². The lowest BCUT2D eigenvalue weighted by Crippen LogP contribution is -2.38. The van der Waals surface area contributed by atoms with E-state index in [1.165, 1.54) is 0 Å². The van der Waals surface area contributed by atoms with Crippen LogP contribution in [0.2, 0.25) is 0 Å². The lowest BCUT2D eigenvalue weighted by atomic mass is 10.2. The molecule has 2 amide bonds. The number of amides is 2. The van der Waals surface area contributed by atoms with Crippen molar-refractivity contribution < 1.29 is 14.3 Å². The Kier molecular flexibility index (Phi) is 7.03. The van der Waals surface area contributed by atoms with Gasteiger partial charge in [-0.3, -0.25) is 9.59 Å². The number of unbranched alkanes of at least 4 members (excludes halogenated alkanes) is 1. The van der Waals surface area contributed by atoms with Crippen molar-refractivity contribution in [3.8, 4) is 5.88 Å². The van der Waals surface area contributed by atoms with E-state index in [0.29, 0.717) is 31.9 Å². The third-order valence-corrected chi connectivity index (χ3v) is 4.19. The molecule has 1 atom stereocenters. The van der Waals surface area contributed by atoms with Crippen LogP contribution in [-0.2, 0) is 16.1 Å². The maximum absolute atomic E-state index is 12.2. The molecule has 1 N–H and O–H groups in total. The minimum Gasteiger partial charge on any atom is -0.477 e. The maximum atomic E-state index is 12.2. The van der Waals surface area contributed by atoms with E-state index in [4.69, 9.17) is 4.74 Å². The third kappa shape index (κ3) is 5.22. The number of nitrogens with zero attached hydrogens (tertiary/aromatic N) is 2. The number of rotatable bonds is 9. The molecule has 2 heterocycles. The van der Waals surface area contributed by atoms with Crippen molar-refractivity contribution in [2.75, 3.05) is 13.2 Å². The summed E-state index contributed by atoms with van der Waals surface area (Å²) in [6.45, 7) is 5.80. The zero-order chi connectivity index (χ0) is 17.4. The van der Waals surface area contributed by atoms with Gasteiger partial charge < -0.3 is 15.0 Å². The van der Waals surface area contributed by atoms with Crippen molar-refractivity contribution in [1.29, 1.82) is 0 Å². The molecule has 132 valence electrons. The Balaban J connectivity index is 1.82. The van der Waals surface area contributed by atoms with Gasteiger partial charge in [0.05, 0.1) is 6.61 Å². The molecule has 0 aromatic carbocycles. The SMILES string of the molecule is CCCCOc1ncccc1CNC(=O)CC(C)N1CCCC1=O. The van der Waals surface area contributed by atoms with E-state index in [9.17, 15) is 9.59 Å². The molecule has 1 aliphatic rings. The highest BCUT2D eigenvalue weighted by atomic mass is 16.5. The van der Waals surface area contributed by atoms with Crippen LogP contribution in [0.3, 0.4) is 0 Å². The maximum Gasteiger partial charge on any atom is 0.222 e. The van der Waals surface area contributed by atoms with Crippen molar-refractivity contribution >= 4 is 11.8 Å². The normalized spacial score (nSPS) is 15.4. The molecule has 1 aromatic heterocycles. The number of likely N-dealkylation sites (tertiary alicyclic amines) is 1. The quantitative estimate of drug-likeness (QED) is 0.704. The molecule has 2 rings (SSSR count). The van der Waals surface area contributed by atoms with Gasteiger partial charge in [-0.2, -0.15) is 0 Å². The second-order valence-electron chi connectivity index (χ2n) is 6.19. The molecule has 6 nitrogen and oxygen atoms in total. The van der Waals surface area contributed by atoms with Crippen LogP contribution >= 0.6 is 0 Å². The Bertz CT molecular complexity index is 562. The first-order valence-corrected chi connectivity index (χ1v) is 8.74. The van der Waals surface area contributed by atoms with Gasteiger partial charge in [0, 0.05) is 43.7 Å². The van der Waals surface area contributed by atoms with Crippen molar-refractivity contribution in [3.63, 3.8) is 0 Å². The number of carbonyl (C=O) groups is 2. The summed E-state index contributed by atoms with van der Waals surface area (Å²) in [7, 11) is 0. The van der Waals surface area contributed by atoms with Crippen molar-refractivity contribution in [2.45, 2.75) is 58.5 Å². The largest absolute Gasteiger partial charge is 0.477 e. The van der Waals surface area contributed by atoms with Crippen LogP contribution in [0.4, 0.5) is 0 Å². The zero-order valence-electron chi connectivity index (χ0n) is 14.6. The summed E-state index contributed by atoms with van der Waals surface area (Å²) in [6, 6.07) is 3.68. The Morgan fingerprint density at radius 3 is 3.04 bits per heavy atom. The van der Waals surface area contributed by atoms with Crippen LogP contribution in [0.25, 0.3) is 0 Å². The first-order chi connectivity index (χ1) is 11.6. The third-order valence-electron chi connectivity index (χ3n) is 4.19. The van der Waals surface area contributed by atoms with Crippen molar-refractivity contribution in [2.24, 2.45) is 0 Å². The fraction of sp³-hybridized carbons (Fsp3) is 0.611. The van der Waals surface area contributed by atoms with E-state index in [1.54, 1.807) is 11.1 Å². The van der Waals surface area contributed by atoms with Gasteiger partial charge in [0.25, 0.3) is 0 Å². The van der Waals surface area contributed by atoms with Gasteiger partial charge in [0.1, 0.15) is 0 Å². The first kappa shape index (κ1) is 18.2. The number of aromatic nitrogens is 1. The highest BCUT2D eigenvalue weighted by molar-refractivity contribution is 5.80. The highest BCUT2D eigenvalue weighted by Crippen LogP contribution is 2.16. The molecule has 1 saturated heterocycles. The fourth-order valence-electron chi connectivity index (χ4n) is 2.78. The Morgan fingerprint density at radius 2 is 2.33 bits per heavy atom. The number of hydrogen-bond acceptors (Lipinski definition) is 4. The molecule has 0 radical (unpaired) electrons. The first-order valence-electron chi connectivity index (χ1n) is 8.74. The summed E-state index contributed by atoms with van der Waals surface area (Å²) in [5.41, 5.74) is 0.867. The Morgan fingerprint density at radius 1 is 1.50 bits per heavy atom. The van der Waals surface area contributed by atoms with E-state index in [1.807, 2.05) is 19.1 Å². The average Bonchev–Trinajstić information content (AvgIpc) is 3.00. The van der Waals surface area contributed by atoms with Crippen LogP contribution in [0.5, 0.6) is 5.88 Å². The Labute approximate surface area is 143 Å². The number of pyridine rings is 1. The van der Waals surface area contributed by atoms with E-state index < -0.39 is 0 Å². The van der Waals surface area contributed by atoms with Gasteiger partial charge in [-0.25, -0.2) is 4.98 Å². The number of carbonyl (C=O) groups excluding carboxylic acids is 2. The van der Waals surface area contributed by atoms with Crippen LogP contribution in [-0.4, -0.2) is 40.9 Å². The molecular formula is C18H27N3O3. The summed E-state index contributed by atoms with van der Waals surface area (Å²) in [4.78, 5) is 29.9. The predicted octanol–water partition coefficient (Wildman–Crippen LogP) is 2.28. The van der Waals surface area contributed by atoms with E-state index >= 15 is 0 Å². The van der Waals surface area contributed by atoms with Crippen LogP contribution in [0, 0.1) is 0 Å². The summed E-state index contributed by atoms with van der Waals surface area (Å²) in [5, 5.41) is 2.90. The van der Waals surface area contributed by atoms with E-state index in [2.05, 4.69) is 17.2 Å². The van der Waals surface area contributed by atoms with Gasteiger partial charge >= 0.3 is 0 Å². The lowest BCUT2D eigenvalue weighted by Gasteiger charge is -2.23. The lowest BCUT2D eigenvalue weighted by molar-refractivity contribution is -0.130. The number of ether oxygens (including phenoxy) is 1. The second kappa shape index (κ2) is 9.25.